The van der Waals surface area contributed by atoms with E-state index in [1.807, 2.05) is 0 Å². The molecule has 4 aliphatic heterocycles. The van der Waals surface area contributed by atoms with E-state index in [4.69, 9.17) is 24.0 Å². The second-order valence-corrected chi connectivity index (χ2v) is 10.0. The van der Waals surface area contributed by atoms with Crippen molar-refractivity contribution in [3.05, 3.63) is 0 Å². The summed E-state index contributed by atoms with van der Waals surface area (Å²) in [6.07, 6.45) is -1.90. The van der Waals surface area contributed by atoms with Gasteiger partial charge in [-0.05, 0) is 50.9 Å². The van der Waals surface area contributed by atoms with Gasteiger partial charge >= 0.3 is 6.18 Å². The van der Waals surface area contributed by atoms with Crippen molar-refractivity contribution in [3.8, 4) is 0 Å². The highest BCUT2D eigenvalue weighted by Gasteiger charge is 2.77. The van der Waals surface area contributed by atoms with Gasteiger partial charge in [0.2, 0.25) is 5.79 Å². The maximum Gasteiger partial charge on any atom is 0.443 e. The van der Waals surface area contributed by atoms with E-state index in [1.54, 1.807) is 13.8 Å². The fraction of sp³-hybridized carbons (Fsp3) is 1.00. The van der Waals surface area contributed by atoms with Gasteiger partial charge in [0.05, 0.1) is 6.61 Å². The summed E-state index contributed by atoms with van der Waals surface area (Å²) >= 11 is 3.30. The Kier molecular flexibility index (Phi) is 5.83. The SMILES string of the molecule is C[C@@H]1CC[C@H]2[C@@H](C)[C@](OCCCCBr)(C(F)(F)F)O[C@@H]3O[C@]4(C)CC[C@@H]1[C@]32OO4. The lowest BCUT2D eigenvalue weighted by atomic mass is 9.57. The zero-order chi connectivity index (χ0) is 21.1. The second-order valence-electron chi connectivity index (χ2n) is 9.23. The maximum absolute atomic E-state index is 14.5. The first-order chi connectivity index (χ1) is 13.6. The summed E-state index contributed by atoms with van der Waals surface area (Å²) in [4.78, 5) is 11.6. The Bertz CT molecular complexity index is 621. The molecule has 5 aliphatic rings. The van der Waals surface area contributed by atoms with Gasteiger partial charge in [-0.2, -0.15) is 13.2 Å². The third-order valence-electron chi connectivity index (χ3n) is 7.50. The van der Waals surface area contributed by atoms with Crippen LogP contribution in [-0.2, 0) is 24.0 Å². The standard InChI is InChI=1S/C20H30BrF3O5/c1-12-6-7-15-13(2)19(20(22,23)24,25-11-5-4-10-21)27-16-18(15)14(12)8-9-17(3,26-16)28-29-18/h12-16H,4-11H2,1-3H3/t12-,13-,14+,15+,16+,17+,18-,19-/m1/s1. The van der Waals surface area contributed by atoms with Crippen LogP contribution in [0.15, 0.2) is 0 Å². The predicted octanol–water partition coefficient (Wildman–Crippen LogP) is 5.32. The van der Waals surface area contributed by atoms with Crippen molar-refractivity contribution in [3.63, 3.8) is 0 Å². The van der Waals surface area contributed by atoms with Crippen LogP contribution in [0.2, 0.25) is 0 Å². The van der Waals surface area contributed by atoms with Crippen LogP contribution in [0.1, 0.15) is 59.3 Å². The van der Waals surface area contributed by atoms with E-state index in [-0.39, 0.29) is 18.4 Å². The smallest absolute Gasteiger partial charge is 0.342 e. The highest BCUT2D eigenvalue weighted by molar-refractivity contribution is 9.09. The molecule has 2 bridgehead atoms. The summed E-state index contributed by atoms with van der Waals surface area (Å²) in [5.74, 6) is -4.93. The maximum atomic E-state index is 14.5. The van der Waals surface area contributed by atoms with Crippen LogP contribution in [-0.4, -0.2) is 41.6 Å². The quantitative estimate of drug-likeness (QED) is 0.299. The lowest BCUT2D eigenvalue weighted by molar-refractivity contribution is -0.598. The number of hydrogen-bond acceptors (Lipinski definition) is 5. The number of ether oxygens (including phenoxy) is 3. The number of halogens is 4. The van der Waals surface area contributed by atoms with Gasteiger partial charge in [0, 0.05) is 23.6 Å². The Labute approximate surface area is 178 Å². The van der Waals surface area contributed by atoms with Gasteiger partial charge in [-0.1, -0.05) is 29.8 Å². The Morgan fingerprint density at radius 3 is 2.48 bits per heavy atom. The molecule has 0 aromatic heterocycles. The highest BCUT2D eigenvalue weighted by Crippen LogP contribution is 2.64. The van der Waals surface area contributed by atoms with E-state index in [0.29, 0.717) is 24.6 Å². The monoisotopic (exact) mass is 486 g/mol. The van der Waals surface area contributed by atoms with Gasteiger partial charge in [0.1, 0.15) is 0 Å². The zero-order valence-electron chi connectivity index (χ0n) is 17.1. The highest BCUT2D eigenvalue weighted by atomic mass is 79.9. The van der Waals surface area contributed by atoms with Crippen LogP contribution >= 0.6 is 15.9 Å². The van der Waals surface area contributed by atoms with Crippen molar-refractivity contribution in [2.75, 3.05) is 11.9 Å². The molecule has 1 saturated carbocycles. The third-order valence-corrected chi connectivity index (χ3v) is 8.06. The predicted molar refractivity (Wildman–Crippen MR) is 101 cm³/mol. The minimum atomic E-state index is -4.70. The lowest BCUT2D eigenvalue weighted by Crippen LogP contribution is -2.76. The average Bonchev–Trinajstić information content (AvgIpc) is 2.88. The van der Waals surface area contributed by atoms with Gasteiger partial charge in [-0.3, -0.25) is 0 Å². The summed E-state index contributed by atoms with van der Waals surface area (Å²) in [5, 5.41) is 0.715. The molecule has 1 spiro atoms. The molecule has 0 N–H and O–H groups in total. The van der Waals surface area contributed by atoms with Crippen molar-refractivity contribution in [2.45, 2.75) is 88.9 Å². The first kappa shape index (κ1) is 22.3. The molecule has 168 valence electrons. The molecular weight excluding hydrogens is 457 g/mol. The Balaban J connectivity index is 1.74. The van der Waals surface area contributed by atoms with Crippen LogP contribution < -0.4 is 0 Å². The molecule has 5 nitrogen and oxygen atoms in total. The van der Waals surface area contributed by atoms with E-state index in [9.17, 15) is 13.2 Å². The molecule has 0 radical (unpaired) electrons. The zero-order valence-corrected chi connectivity index (χ0v) is 18.7. The molecule has 0 aromatic carbocycles. The first-order valence-electron chi connectivity index (χ1n) is 10.6. The van der Waals surface area contributed by atoms with Gasteiger partial charge in [-0.15, -0.1) is 0 Å². The van der Waals surface area contributed by atoms with E-state index >= 15 is 0 Å². The summed E-state index contributed by atoms with van der Waals surface area (Å²) in [7, 11) is 0. The summed E-state index contributed by atoms with van der Waals surface area (Å²) < 4.78 is 60.8. The first-order valence-corrected chi connectivity index (χ1v) is 11.7. The Morgan fingerprint density at radius 1 is 1.03 bits per heavy atom. The minimum Gasteiger partial charge on any atom is -0.342 e. The van der Waals surface area contributed by atoms with Gasteiger partial charge < -0.3 is 14.2 Å². The van der Waals surface area contributed by atoms with Crippen molar-refractivity contribution in [2.24, 2.45) is 23.7 Å². The van der Waals surface area contributed by atoms with Gasteiger partial charge in [0.15, 0.2) is 11.9 Å². The number of fused-ring (bicyclic) bond motifs is 2. The topological polar surface area (TPSA) is 46.2 Å². The largest absolute Gasteiger partial charge is 0.443 e. The van der Waals surface area contributed by atoms with E-state index < -0.39 is 41.5 Å². The van der Waals surface area contributed by atoms with Crippen LogP contribution in [0.5, 0.6) is 0 Å². The molecule has 0 unspecified atom stereocenters. The third kappa shape index (κ3) is 3.30. The van der Waals surface area contributed by atoms with Gasteiger partial charge in [-0.25, -0.2) is 9.78 Å². The molecule has 8 atom stereocenters. The summed E-state index contributed by atoms with van der Waals surface area (Å²) in [5.41, 5.74) is -1.04. The Morgan fingerprint density at radius 2 is 1.79 bits per heavy atom. The molecule has 0 amide bonds. The molecule has 9 heteroatoms. The van der Waals surface area contributed by atoms with E-state index in [0.717, 1.165) is 19.3 Å². The molecule has 5 rings (SSSR count). The van der Waals surface area contributed by atoms with Crippen LogP contribution in [0, 0.1) is 23.7 Å². The number of alkyl halides is 4. The van der Waals surface area contributed by atoms with E-state index in [2.05, 4.69) is 22.9 Å². The average molecular weight is 487 g/mol. The summed E-state index contributed by atoms with van der Waals surface area (Å²) in [6.45, 7) is 5.37. The van der Waals surface area contributed by atoms with Crippen LogP contribution in [0.25, 0.3) is 0 Å². The van der Waals surface area contributed by atoms with E-state index in [1.165, 1.54) is 0 Å². The molecular formula is C20H30BrF3O5. The van der Waals surface area contributed by atoms with Crippen LogP contribution in [0.3, 0.4) is 0 Å². The Hall–Kier alpha value is 0.0700. The molecule has 1 aliphatic carbocycles. The molecule has 4 heterocycles. The fourth-order valence-corrected chi connectivity index (χ4v) is 6.31. The number of rotatable bonds is 5. The fourth-order valence-electron chi connectivity index (χ4n) is 5.91. The van der Waals surface area contributed by atoms with Crippen molar-refractivity contribution in [1.29, 1.82) is 0 Å². The van der Waals surface area contributed by atoms with Gasteiger partial charge in [0.25, 0.3) is 5.79 Å². The normalized spacial score (nSPS) is 49.6. The molecule has 5 fully saturated rings. The lowest BCUT2D eigenvalue weighted by Gasteiger charge is -2.62. The van der Waals surface area contributed by atoms with Crippen molar-refractivity contribution >= 4 is 15.9 Å². The van der Waals surface area contributed by atoms with Crippen molar-refractivity contribution < 1.29 is 37.2 Å². The number of unbranched alkanes of at least 4 members (excludes halogenated alkanes) is 1. The molecule has 0 aromatic rings. The molecule has 29 heavy (non-hydrogen) atoms. The number of hydrogen-bond donors (Lipinski definition) is 0. The second kappa shape index (κ2) is 7.59. The summed E-state index contributed by atoms with van der Waals surface area (Å²) in [6, 6.07) is 0. The van der Waals surface area contributed by atoms with Crippen molar-refractivity contribution in [1.82, 2.24) is 0 Å². The molecule has 4 saturated heterocycles. The minimum absolute atomic E-state index is 0.0117. The van der Waals surface area contributed by atoms with Crippen LogP contribution in [0.4, 0.5) is 13.2 Å².